The van der Waals surface area contributed by atoms with Crippen molar-refractivity contribution < 1.29 is 0 Å². The summed E-state index contributed by atoms with van der Waals surface area (Å²) in [5.74, 6) is 0. The molecule has 0 bridgehead atoms. The molecule has 6 heteroatoms. The Morgan fingerprint density at radius 3 is 1.50 bits per heavy atom. The van der Waals surface area contributed by atoms with Crippen LogP contribution in [0.5, 0.6) is 0 Å². The van der Waals surface area contributed by atoms with Crippen molar-refractivity contribution in [1.82, 2.24) is 30.4 Å². The van der Waals surface area contributed by atoms with Crippen LogP contribution in [0.1, 0.15) is 23.5 Å². The van der Waals surface area contributed by atoms with Gasteiger partial charge in [-0.15, -0.1) is 0 Å². The predicted octanol–water partition coefficient (Wildman–Crippen LogP) is 11.0. The summed E-state index contributed by atoms with van der Waals surface area (Å²) in [6.07, 6.45) is 4.25. The number of hydrogen-bond donors (Lipinski definition) is 4. The number of rotatable bonds is 5. The first-order valence-corrected chi connectivity index (χ1v) is 20.2. The SMILES string of the molecule is C1=C(C2NC(c3ccc4ccccc4c3)NC(c3ccc4ccccc4c3)N2)NCC(n2c3ccccc3c3cc4c5ccccc5n(-c5ccccc5)c4cc32)=C1. The topological polar surface area (TPSA) is 58.0 Å². The second kappa shape index (κ2) is 13.3. The number of fused-ring (bicyclic) bond motifs is 8. The van der Waals surface area contributed by atoms with Crippen molar-refractivity contribution in [2.24, 2.45) is 0 Å². The van der Waals surface area contributed by atoms with Crippen molar-refractivity contribution in [3.05, 3.63) is 205 Å². The monoisotopic (exact) mass is 748 g/mol. The zero-order valence-corrected chi connectivity index (χ0v) is 31.7. The van der Waals surface area contributed by atoms with Gasteiger partial charge in [0.2, 0.25) is 0 Å². The van der Waals surface area contributed by atoms with Gasteiger partial charge in [0.05, 0.1) is 40.9 Å². The predicted molar refractivity (Wildman–Crippen MR) is 241 cm³/mol. The fourth-order valence-electron chi connectivity index (χ4n) is 9.43. The van der Waals surface area contributed by atoms with E-state index in [0.29, 0.717) is 6.54 Å². The van der Waals surface area contributed by atoms with Crippen LogP contribution in [0.25, 0.3) is 76.5 Å². The van der Waals surface area contributed by atoms with Crippen LogP contribution in [0.3, 0.4) is 0 Å². The summed E-state index contributed by atoms with van der Waals surface area (Å²) in [6, 6.07) is 63.8. The van der Waals surface area contributed by atoms with Crippen LogP contribution in [0.4, 0.5) is 0 Å². The summed E-state index contributed by atoms with van der Waals surface area (Å²) in [4.78, 5) is 0. The van der Waals surface area contributed by atoms with Crippen molar-refractivity contribution in [1.29, 1.82) is 0 Å². The maximum absolute atomic E-state index is 3.91. The van der Waals surface area contributed by atoms with E-state index in [2.05, 4.69) is 218 Å². The minimum Gasteiger partial charge on any atom is -0.380 e. The van der Waals surface area contributed by atoms with E-state index in [-0.39, 0.29) is 18.5 Å². The summed E-state index contributed by atoms with van der Waals surface area (Å²) in [7, 11) is 0. The van der Waals surface area contributed by atoms with Gasteiger partial charge in [0.15, 0.2) is 0 Å². The molecule has 2 aromatic heterocycles. The van der Waals surface area contributed by atoms with Crippen LogP contribution in [0.15, 0.2) is 194 Å². The van der Waals surface area contributed by atoms with Crippen LogP contribution in [-0.2, 0) is 0 Å². The number of allylic oxidation sites excluding steroid dienone is 2. The Labute approximate surface area is 335 Å². The number of hydrogen-bond acceptors (Lipinski definition) is 4. The van der Waals surface area contributed by atoms with E-state index in [1.807, 2.05) is 0 Å². The number of nitrogens with zero attached hydrogens (tertiary/aromatic N) is 2. The normalized spacial score (nSPS) is 18.6. The molecule has 10 aromatic rings. The quantitative estimate of drug-likeness (QED) is 0.142. The number of benzene rings is 8. The first-order valence-electron chi connectivity index (χ1n) is 20.2. The summed E-state index contributed by atoms with van der Waals surface area (Å²) in [6.45, 7) is 0.674. The smallest absolute Gasteiger partial charge is 0.101 e. The molecule has 2 atom stereocenters. The van der Waals surface area contributed by atoms with Gasteiger partial charge < -0.3 is 14.5 Å². The molecule has 0 saturated carbocycles. The molecule has 6 nitrogen and oxygen atoms in total. The molecule has 278 valence electrons. The van der Waals surface area contributed by atoms with Crippen LogP contribution < -0.4 is 21.3 Å². The molecule has 2 aliphatic heterocycles. The van der Waals surface area contributed by atoms with Gasteiger partial charge in [0.25, 0.3) is 0 Å². The molecule has 58 heavy (non-hydrogen) atoms. The second-order valence-corrected chi connectivity index (χ2v) is 15.6. The maximum Gasteiger partial charge on any atom is 0.101 e. The van der Waals surface area contributed by atoms with Crippen molar-refractivity contribution in [2.45, 2.75) is 18.5 Å². The van der Waals surface area contributed by atoms with E-state index in [1.54, 1.807) is 0 Å². The molecular weight excluding hydrogens is 709 g/mol. The maximum atomic E-state index is 3.91. The lowest BCUT2D eigenvalue weighted by molar-refractivity contribution is 0.217. The first-order chi connectivity index (χ1) is 28.7. The lowest BCUT2D eigenvalue weighted by atomic mass is 10.0. The number of nitrogens with one attached hydrogen (secondary N) is 4. The highest BCUT2D eigenvalue weighted by molar-refractivity contribution is 6.19. The molecule has 2 unspecified atom stereocenters. The molecule has 0 radical (unpaired) electrons. The van der Waals surface area contributed by atoms with Crippen LogP contribution in [0, 0.1) is 0 Å². The van der Waals surface area contributed by atoms with E-state index < -0.39 is 0 Å². The fraction of sp³-hybridized carbons (Fsp3) is 0.0769. The molecule has 0 aliphatic carbocycles. The molecule has 4 N–H and O–H groups in total. The summed E-state index contributed by atoms with van der Waals surface area (Å²) in [5.41, 5.74) is 10.7. The van der Waals surface area contributed by atoms with E-state index in [0.717, 1.165) is 11.4 Å². The molecule has 0 amide bonds. The number of para-hydroxylation sites is 3. The fourth-order valence-corrected chi connectivity index (χ4v) is 9.43. The van der Waals surface area contributed by atoms with Gasteiger partial charge in [-0.2, -0.15) is 0 Å². The zero-order valence-electron chi connectivity index (χ0n) is 31.7. The molecule has 4 heterocycles. The highest BCUT2D eigenvalue weighted by atomic mass is 15.4. The van der Waals surface area contributed by atoms with Gasteiger partial charge in [0.1, 0.15) is 6.17 Å². The Bertz CT molecular complexity index is 3210. The summed E-state index contributed by atoms with van der Waals surface area (Å²) in [5, 5.41) is 25.6. The van der Waals surface area contributed by atoms with Gasteiger partial charge in [-0.25, -0.2) is 0 Å². The van der Waals surface area contributed by atoms with Crippen LogP contribution in [0.2, 0.25) is 0 Å². The minimum absolute atomic E-state index is 0.0866. The Kier molecular flexibility index (Phi) is 7.63. The number of dihydropyridines is 1. The molecule has 1 fully saturated rings. The lowest BCUT2D eigenvalue weighted by Gasteiger charge is -2.41. The van der Waals surface area contributed by atoms with Gasteiger partial charge >= 0.3 is 0 Å². The molecule has 8 aromatic carbocycles. The van der Waals surface area contributed by atoms with Crippen molar-refractivity contribution in [2.75, 3.05) is 6.54 Å². The van der Waals surface area contributed by atoms with E-state index in [9.17, 15) is 0 Å². The average molecular weight is 749 g/mol. The van der Waals surface area contributed by atoms with Crippen molar-refractivity contribution in [3.63, 3.8) is 0 Å². The highest BCUT2D eigenvalue weighted by Crippen LogP contribution is 2.40. The molecular formula is C52H40N6. The first kappa shape index (κ1) is 33.2. The number of aromatic nitrogens is 2. The van der Waals surface area contributed by atoms with Gasteiger partial charge in [0, 0.05) is 38.6 Å². The average Bonchev–Trinajstić information content (AvgIpc) is 3.80. The molecule has 0 spiro atoms. The Morgan fingerprint density at radius 1 is 0.379 bits per heavy atom. The third-order valence-corrected chi connectivity index (χ3v) is 12.2. The van der Waals surface area contributed by atoms with Crippen molar-refractivity contribution in [3.8, 4) is 5.69 Å². The standard InChI is InChI=1S/C52H40N6/c1-2-16-39(17-3-1)57-46-20-10-8-18-41(46)43-30-44-42-19-9-11-21-47(42)58(49(44)31-48(43)57)40-26-27-45(53-32-40)52-55-50(37-24-22-33-12-4-6-14-35(33)28-37)54-51(56-52)38-25-23-34-13-5-7-15-36(34)29-38/h1-31,50-56H,32H2. The molecule has 12 rings (SSSR count). The van der Waals surface area contributed by atoms with Crippen molar-refractivity contribution >= 4 is 70.9 Å². The second-order valence-electron chi connectivity index (χ2n) is 15.6. The van der Waals surface area contributed by atoms with Crippen LogP contribution in [-0.4, -0.2) is 21.8 Å². The van der Waals surface area contributed by atoms with Crippen LogP contribution >= 0.6 is 0 Å². The van der Waals surface area contributed by atoms with Gasteiger partial charge in [-0.1, -0.05) is 127 Å². The summed E-state index contributed by atoms with van der Waals surface area (Å²) >= 11 is 0. The minimum atomic E-state index is -0.133. The zero-order chi connectivity index (χ0) is 38.2. The molecule has 2 aliphatic rings. The largest absolute Gasteiger partial charge is 0.380 e. The molecule has 1 saturated heterocycles. The lowest BCUT2D eigenvalue weighted by Crippen LogP contribution is -2.61. The van der Waals surface area contributed by atoms with E-state index in [1.165, 1.54) is 82.0 Å². The van der Waals surface area contributed by atoms with E-state index >= 15 is 0 Å². The Balaban J connectivity index is 0.966. The third-order valence-electron chi connectivity index (χ3n) is 12.2. The summed E-state index contributed by atoms with van der Waals surface area (Å²) < 4.78 is 4.86. The highest BCUT2D eigenvalue weighted by Gasteiger charge is 2.32. The van der Waals surface area contributed by atoms with Gasteiger partial charge in [-0.05, 0) is 93.4 Å². The Morgan fingerprint density at radius 2 is 0.897 bits per heavy atom. The Hall–Kier alpha value is -6.96. The van der Waals surface area contributed by atoms with E-state index in [4.69, 9.17) is 0 Å². The van der Waals surface area contributed by atoms with Gasteiger partial charge in [-0.3, -0.25) is 16.0 Å². The third kappa shape index (κ3) is 5.38.